The Hall–Kier alpha value is -2.69. The van der Waals surface area contributed by atoms with Crippen molar-refractivity contribution in [2.24, 2.45) is 5.14 Å². The number of nitrogens with zero attached hydrogens (tertiary/aromatic N) is 2. The standard InChI is InChI=1S/C20H22N4O4S2/c1-13-18(14(2)28-24-13)12-29-20-17(4-3-10-23-20)19(25)22-11-9-15-5-7-16(8-6-15)30(21,26)27/h3-8,10H,9,11-12H2,1-2H3,(H,22,25)(H2,21,26,27). The number of carbonyl (C=O) groups excluding carboxylic acids is 1. The summed E-state index contributed by atoms with van der Waals surface area (Å²) in [5.41, 5.74) is 3.22. The van der Waals surface area contributed by atoms with Crippen molar-refractivity contribution in [1.29, 1.82) is 0 Å². The first kappa shape index (κ1) is 22.0. The Morgan fingerprint density at radius 2 is 1.93 bits per heavy atom. The molecule has 10 heteroatoms. The molecule has 158 valence electrons. The fraction of sp³-hybridized carbons (Fsp3) is 0.250. The topological polar surface area (TPSA) is 128 Å². The molecule has 2 aromatic heterocycles. The lowest BCUT2D eigenvalue weighted by Gasteiger charge is -2.09. The van der Waals surface area contributed by atoms with Crippen LogP contribution in [0.4, 0.5) is 0 Å². The normalized spacial score (nSPS) is 11.4. The van der Waals surface area contributed by atoms with Crippen molar-refractivity contribution in [2.45, 2.75) is 35.9 Å². The van der Waals surface area contributed by atoms with Gasteiger partial charge in [0, 0.05) is 24.1 Å². The summed E-state index contributed by atoms with van der Waals surface area (Å²) >= 11 is 1.45. The molecule has 0 spiro atoms. The largest absolute Gasteiger partial charge is 0.361 e. The number of carbonyl (C=O) groups is 1. The molecule has 0 saturated heterocycles. The molecule has 0 unspecified atom stereocenters. The van der Waals surface area contributed by atoms with Crippen LogP contribution in [0.15, 0.2) is 57.0 Å². The number of benzene rings is 1. The molecule has 0 radical (unpaired) electrons. The lowest BCUT2D eigenvalue weighted by atomic mass is 10.1. The van der Waals surface area contributed by atoms with Crippen molar-refractivity contribution in [3.8, 4) is 0 Å². The van der Waals surface area contributed by atoms with E-state index in [9.17, 15) is 13.2 Å². The third-order valence-electron chi connectivity index (χ3n) is 4.50. The summed E-state index contributed by atoms with van der Waals surface area (Å²) in [5, 5.41) is 12.6. The summed E-state index contributed by atoms with van der Waals surface area (Å²) in [6.07, 6.45) is 2.21. The number of nitrogens with one attached hydrogen (secondary N) is 1. The van der Waals surface area contributed by atoms with Gasteiger partial charge in [0.1, 0.15) is 10.8 Å². The number of amides is 1. The van der Waals surface area contributed by atoms with E-state index in [2.05, 4.69) is 15.5 Å². The van der Waals surface area contributed by atoms with Crippen LogP contribution in [-0.2, 0) is 22.2 Å². The maximum Gasteiger partial charge on any atom is 0.254 e. The second-order valence-electron chi connectivity index (χ2n) is 6.64. The van der Waals surface area contributed by atoms with Crippen molar-refractivity contribution in [1.82, 2.24) is 15.5 Å². The SMILES string of the molecule is Cc1noc(C)c1CSc1ncccc1C(=O)NCCc1ccc(S(N)(=O)=O)cc1. The van der Waals surface area contributed by atoms with E-state index >= 15 is 0 Å². The minimum absolute atomic E-state index is 0.0607. The lowest BCUT2D eigenvalue weighted by Crippen LogP contribution is -2.26. The van der Waals surface area contributed by atoms with Crippen LogP contribution in [0, 0.1) is 13.8 Å². The van der Waals surface area contributed by atoms with E-state index in [1.54, 1.807) is 30.5 Å². The van der Waals surface area contributed by atoms with Crippen LogP contribution in [-0.4, -0.2) is 31.0 Å². The summed E-state index contributed by atoms with van der Waals surface area (Å²) in [7, 11) is -3.71. The second-order valence-corrected chi connectivity index (χ2v) is 9.17. The Morgan fingerprint density at radius 1 is 1.20 bits per heavy atom. The van der Waals surface area contributed by atoms with Crippen LogP contribution in [0.2, 0.25) is 0 Å². The van der Waals surface area contributed by atoms with Gasteiger partial charge in [-0.2, -0.15) is 0 Å². The minimum atomic E-state index is -3.71. The molecule has 0 bridgehead atoms. The van der Waals surface area contributed by atoms with Gasteiger partial charge < -0.3 is 9.84 Å². The van der Waals surface area contributed by atoms with Gasteiger partial charge >= 0.3 is 0 Å². The summed E-state index contributed by atoms with van der Waals surface area (Å²) in [5.74, 6) is 1.15. The van der Waals surface area contributed by atoms with Crippen LogP contribution in [0.3, 0.4) is 0 Å². The molecule has 1 amide bonds. The van der Waals surface area contributed by atoms with Gasteiger partial charge in [0.2, 0.25) is 10.0 Å². The molecular formula is C20H22N4O4S2. The van der Waals surface area contributed by atoms with E-state index in [1.807, 2.05) is 13.8 Å². The summed E-state index contributed by atoms with van der Waals surface area (Å²) in [4.78, 5) is 17.0. The molecule has 2 heterocycles. The maximum atomic E-state index is 12.6. The Kier molecular flexibility index (Phi) is 6.91. The van der Waals surface area contributed by atoms with Crippen molar-refractivity contribution in [3.05, 3.63) is 70.7 Å². The van der Waals surface area contributed by atoms with Gasteiger partial charge in [-0.1, -0.05) is 17.3 Å². The number of primary sulfonamides is 1. The van der Waals surface area contributed by atoms with Gasteiger partial charge in [-0.05, 0) is 50.1 Å². The Labute approximate surface area is 179 Å². The molecule has 3 aromatic rings. The molecule has 3 rings (SSSR count). The predicted molar refractivity (Wildman–Crippen MR) is 114 cm³/mol. The third kappa shape index (κ3) is 5.47. The monoisotopic (exact) mass is 446 g/mol. The van der Waals surface area contributed by atoms with E-state index in [4.69, 9.17) is 9.66 Å². The quantitative estimate of drug-likeness (QED) is 0.509. The van der Waals surface area contributed by atoms with E-state index in [0.717, 1.165) is 22.6 Å². The number of sulfonamides is 1. The van der Waals surface area contributed by atoms with Crippen LogP contribution in [0.1, 0.15) is 32.9 Å². The Balaban J connectivity index is 1.59. The average molecular weight is 447 g/mol. The molecule has 30 heavy (non-hydrogen) atoms. The summed E-state index contributed by atoms with van der Waals surface area (Å²) < 4.78 is 27.8. The first-order valence-corrected chi connectivity index (χ1v) is 11.7. The van der Waals surface area contributed by atoms with Gasteiger partial charge in [-0.3, -0.25) is 4.79 Å². The zero-order valence-corrected chi connectivity index (χ0v) is 18.2. The van der Waals surface area contributed by atoms with E-state index < -0.39 is 10.0 Å². The number of rotatable bonds is 8. The first-order valence-electron chi connectivity index (χ1n) is 9.15. The Bertz CT molecular complexity index is 1120. The van der Waals surface area contributed by atoms with Gasteiger partial charge in [-0.25, -0.2) is 18.5 Å². The number of hydrogen-bond acceptors (Lipinski definition) is 7. The fourth-order valence-electron chi connectivity index (χ4n) is 2.79. The number of pyridine rings is 1. The summed E-state index contributed by atoms with van der Waals surface area (Å²) in [6.45, 7) is 4.14. The number of hydrogen-bond donors (Lipinski definition) is 2. The highest BCUT2D eigenvalue weighted by molar-refractivity contribution is 7.98. The predicted octanol–water partition coefficient (Wildman–Crippen LogP) is 2.60. The van der Waals surface area contributed by atoms with Gasteiger partial charge in [0.25, 0.3) is 5.91 Å². The second kappa shape index (κ2) is 9.41. The maximum absolute atomic E-state index is 12.6. The Morgan fingerprint density at radius 3 is 2.57 bits per heavy atom. The van der Waals surface area contributed by atoms with Crippen molar-refractivity contribution >= 4 is 27.7 Å². The molecule has 8 nitrogen and oxygen atoms in total. The highest BCUT2D eigenvalue weighted by Gasteiger charge is 2.15. The van der Waals surface area contributed by atoms with Gasteiger partial charge in [0.15, 0.2) is 0 Å². The van der Waals surface area contributed by atoms with E-state index in [0.29, 0.717) is 29.3 Å². The third-order valence-corrected chi connectivity index (χ3v) is 6.46. The van der Waals surface area contributed by atoms with Crippen molar-refractivity contribution < 1.29 is 17.7 Å². The zero-order chi connectivity index (χ0) is 21.7. The molecule has 3 N–H and O–H groups in total. The van der Waals surface area contributed by atoms with Gasteiger partial charge in [0.05, 0.1) is 16.2 Å². The van der Waals surface area contributed by atoms with Crippen LogP contribution in [0.5, 0.6) is 0 Å². The number of aromatic nitrogens is 2. The smallest absolute Gasteiger partial charge is 0.254 e. The van der Waals surface area contributed by atoms with Crippen molar-refractivity contribution in [3.63, 3.8) is 0 Å². The molecule has 0 fully saturated rings. The molecule has 1 aromatic carbocycles. The summed E-state index contributed by atoms with van der Waals surface area (Å²) in [6, 6.07) is 9.73. The van der Waals surface area contributed by atoms with Crippen LogP contribution in [0.25, 0.3) is 0 Å². The molecule has 0 aliphatic carbocycles. The molecule has 0 atom stereocenters. The molecule has 0 saturated carbocycles. The highest BCUT2D eigenvalue weighted by Crippen LogP contribution is 2.27. The molecule has 0 aliphatic rings. The van der Waals surface area contributed by atoms with E-state index in [-0.39, 0.29) is 10.8 Å². The zero-order valence-electron chi connectivity index (χ0n) is 16.6. The number of thioether (sulfide) groups is 1. The number of nitrogens with two attached hydrogens (primary N) is 1. The average Bonchev–Trinajstić information content (AvgIpc) is 3.04. The minimum Gasteiger partial charge on any atom is -0.361 e. The van der Waals surface area contributed by atoms with Gasteiger partial charge in [-0.15, -0.1) is 11.8 Å². The highest BCUT2D eigenvalue weighted by atomic mass is 32.2. The molecule has 0 aliphatic heterocycles. The van der Waals surface area contributed by atoms with Crippen LogP contribution < -0.4 is 10.5 Å². The first-order chi connectivity index (χ1) is 14.3. The number of aryl methyl sites for hydroxylation is 2. The lowest BCUT2D eigenvalue weighted by molar-refractivity contribution is 0.0950. The van der Waals surface area contributed by atoms with E-state index in [1.165, 1.54) is 23.9 Å². The van der Waals surface area contributed by atoms with Crippen molar-refractivity contribution in [2.75, 3.05) is 6.54 Å². The fourth-order valence-corrected chi connectivity index (χ4v) is 4.45. The molecular weight excluding hydrogens is 424 g/mol. The van der Waals surface area contributed by atoms with Crippen LogP contribution >= 0.6 is 11.8 Å².